The summed E-state index contributed by atoms with van der Waals surface area (Å²) in [7, 11) is 0. The molecule has 0 spiro atoms. The molecular weight excluding hydrogens is 186 g/mol. The first-order chi connectivity index (χ1) is 6.89. The fourth-order valence-electron chi connectivity index (χ4n) is 1.30. The van der Waals surface area contributed by atoms with Gasteiger partial charge in [-0.05, 0) is 54.2 Å². The largest absolute Gasteiger partial charge is 0.378 e. The molecule has 0 aliphatic carbocycles. The van der Waals surface area contributed by atoms with Crippen molar-refractivity contribution >= 4 is 0 Å². The van der Waals surface area contributed by atoms with Gasteiger partial charge in [0.25, 0.3) is 0 Å². The lowest BCUT2D eigenvalue weighted by Gasteiger charge is -2.20. The molecule has 0 heterocycles. The van der Waals surface area contributed by atoms with Gasteiger partial charge in [-0.2, -0.15) is 0 Å². The molecule has 0 amide bonds. The van der Waals surface area contributed by atoms with Gasteiger partial charge in [0.1, 0.15) is 0 Å². The van der Waals surface area contributed by atoms with Crippen LogP contribution in [-0.2, 0) is 4.74 Å². The fourth-order valence-corrected chi connectivity index (χ4v) is 1.30. The van der Waals surface area contributed by atoms with Crippen molar-refractivity contribution in [2.75, 3.05) is 19.7 Å². The van der Waals surface area contributed by atoms with E-state index in [1.165, 1.54) is 5.57 Å². The molecule has 0 fully saturated rings. The Labute approximate surface area is 95.3 Å². The molecule has 0 saturated carbocycles. The predicted octanol–water partition coefficient (Wildman–Crippen LogP) is 3.44. The maximum absolute atomic E-state index is 5.69. The summed E-state index contributed by atoms with van der Waals surface area (Å²) < 4.78 is 5.69. The van der Waals surface area contributed by atoms with Gasteiger partial charge in [-0.3, -0.25) is 0 Å². The summed E-state index contributed by atoms with van der Waals surface area (Å²) in [6.45, 7) is 15.8. The summed E-state index contributed by atoms with van der Waals surface area (Å²) in [5, 5.41) is 0. The van der Waals surface area contributed by atoms with Crippen molar-refractivity contribution in [3.63, 3.8) is 0 Å². The molecular formula is C13H27NO. The number of hydrogen-bond donors (Lipinski definition) is 0. The predicted molar refractivity (Wildman–Crippen MR) is 67.0 cm³/mol. The summed E-state index contributed by atoms with van der Waals surface area (Å²) in [6, 6.07) is 0. The van der Waals surface area contributed by atoms with Gasteiger partial charge in [0.05, 0.1) is 12.2 Å². The van der Waals surface area contributed by atoms with E-state index in [2.05, 4.69) is 52.6 Å². The van der Waals surface area contributed by atoms with Crippen molar-refractivity contribution in [1.29, 1.82) is 0 Å². The van der Waals surface area contributed by atoms with Crippen LogP contribution in [0.15, 0.2) is 11.8 Å². The van der Waals surface area contributed by atoms with Gasteiger partial charge in [-0.1, -0.05) is 5.57 Å². The minimum Gasteiger partial charge on any atom is -0.378 e. The van der Waals surface area contributed by atoms with Crippen LogP contribution in [0.2, 0.25) is 0 Å². The van der Waals surface area contributed by atoms with Crippen LogP contribution in [0.1, 0.15) is 48.0 Å². The summed E-state index contributed by atoms with van der Waals surface area (Å²) in [4.78, 5) is 2.31. The third kappa shape index (κ3) is 8.49. The average molecular weight is 213 g/mol. The zero-order valence-electron chi connectivity index (χ0n) is 11.3. The first-order valence-electron chi connectivity index (χ1n) is 5.94. The molecule has 0 aromatic rings. The van der Waals surface area contributed by atoms with Crippen LogP contribution in [0.3, 0.4) is 0 Å². The number of rotatable bonds is 6. The van der Waals surface area contributed by atoms with Gasteiger partial charge < -0.3 is 9.64 Å². The second-order valence-electron chi connectivity index (χ2n) is 4.91. The molecule has 2 nitrogen and oxygen atoms in total. The van der Waals surface area contributed by atoms with Gasteiger partial charge in [0, 0.05) is 13.1 Å². The molecule has 0 radical (unpaired) electrons. The molecule has 0 bridgehead atoms. The molecule has 0 rings (SSSR count). The van der Waals surface area contributed by atoms with E-state index in [-0.39, 0.29) is 5.60 Å². The Bertz CT molecular complexity index is 187. The van der Waals surface area contributed by atoms with E-state index >= 15 is 0 Å². The molecule has 0 aliphatic rings. The summed E-state index contributed by atoms with van der Waals surface area (Å²) in [5.74, 6) is 0. The van der Waals surface area contributed by atoms with Gasteiger partial charge in [0.15, 0.2) is 0 Å². The van der Waals surface area contributed by atoms with Crippen molar-refractivity contribution in [3.8, 4) is 0 Å². The second kappa shape index (κ2) is 6.89. The highest BCUT2D eigenvalue weighted by Crippen LogP contribution is 2.10. The van der Waals surface area contributed by atoms with E-state index in [1.54, 1.807) is 0 Å². The third-order valence-electron chi connectivity index (χ3n) is 2.25. The number of ether oxygens (including phenoxy) is 1. The van der Waals surface area contributed by atoms with Crippen LogP contribution in [0.25, 0.3) is 0 Å². The van der Waals surface area contributed by atoms with Crippen molar-refractivity contribution in [2.45, 2.75) is 53.6 Å². The number of hydrogen-bond acceptors (Lipinski definition) is 2. The second-order valence-corrected chi connectivity index (χ2v) is 4.91. The van der Waals surface area contributed by atoms with Gasteiger partial charge >= 0.3 is 0 Å². The Morgan fingerprint density at radius 2 is 1.73 bits per heavy atom. The van der Waals surface area contributed by atoms with Gasteiger partial charge in [0.2, 0.25) is 0 Å². The first-order valence-corrected chi connectivity index (χ1v) is 5.94. The molecule has 0 atom stereocenters. The van der Waals surface area contributed by atoms with Crippen LogP contribution in [0.5, 0.6) is 0 Å². The SMILES string of the molecule is CCN(C=C(C)CCOC(C)(C)C)CC. The topological polar surface area (TPSA) is 12.5 Å². The van der Waals surface area contributed by atoms with Crippen LogP contribution in [-0.4, -0.2) is 30.2 Å². The lowest BCUT2D eigenvalue weighted by molar-refractivity contribution is -0.00105. The Balaban J connectivity index is 3.87. The van der Waals surface area contributed by atoms with Crippen molar-refractivity contribution in [3.05, 3.63) is 11.8 Å². The van der Waals surface area contributed by atoms with E-state index in [0.29, 0.717) is 0 Å². The Hall–Kier alpha value is -0.500. The normalized spacial score (nSPS) is 13.1. The minimum atomic E-state index is -0.0184. The average Bonchev–Trinajstić information content (AvgIpc) is 2.12. The minimum absolute atomic E-state index is 0.0184. The van der Waals surface area contributed by atoms with Crippen LogP contribution < -0.4 is 0 Å². The van der Waals surface area contributed by atoms with Crippen molar-refractivity contribution in [1.82, 2.24) is 4.90 Å². The van der Waals surface area contributed by atoms with Gasteiger partial charge in [-0.25, -0.2) is 0 Å². The highest BCUT2D eigenvalue weighted by molar-refractivity contribution is 4.97. The molecule has 2 heteroatoms. The standard InChI is InChI=1S/C13H27NO/c1-7-14(8-2)11-12(3)9-10-15-13(4,5)6/h11H,7-10H2,1-6H3. The molecule has 0 N–H and O–H groups in total. The highest BCUT2D eigenvalue weighted by Gasteiger charge is 2.09. The van der Waals surface area contributed by atoms with E-state index < -0.39 is 0 Å². The fraction of sp³-hybridized carbons (Fsp3) is 0.846. The maximum Gasteiger partial charge on any atom is 0.0598 e. The molecule has 0 aliphatic heterocycles. The smallest absolute Gasteiger partial charge is 0.0598 e. The van der Waals surface area contributed by atoms with E-state index in [9.17, 15) is 0 Å². The summed E-state index contributed by atoms with van der Waals surface area (Å²) in [6.07, 6.45) is 3.26. The third-order valence-corrected chi connectivity index (χ3v) is 2.25. The molecule has 0 aromatic carbocycles. The Kier molecular flexibility index (Phi) is 6.66. The first kappa shape index (κ1) is 14.5. The van der Waals surface area contributed by atoms with Crippen molar-refractivity contribution < 1.29 is 4.74 Å². The molecule has 0 aromatic heterocycles. The monoisotopic (exact) mass is 213 g/mol. The molecule has 90 valence electrons. The summed E-state index contributed by atoms with van der Waals surface area (Å²) in [5.41, 5.74) is 1.37. The Morgan fingerprint density at radius 1 is 1.20 bits per heavy atom. The lowest BCUT2D eigenvalue weighted by atomic mass is 10.2. The van der Waals surface area contributed by atoms with Crippen LogP contribution >= 0.6 is 0 Å². The van der Waals surface area contributed by atoms with Crippen LogP contribution in [0, 0.1) is 0 Å². The molecule has 15 heavy (non-hydrogen) atoms. The van der Waals surface area contributed by atoms with Gasteiger partial charge in [-0.15, -0.1) is 0 Å². The highest BCUT2D eigenvalue weighted by atomic mass is 16.5. The zero-order valence-corrected chi connectivity index (χ0v) is 11.3. The maximum atomic E-state index is 5.69. The van der Waals surface area contributed by atoms with Crippen molar-refractivity contribution in [2.24, 2.45) is 0 Å². The molecule has 0 unspecified atom stereocenters. The zero-order chi connectivity index (χ0) is 11.9. The van der Waals surface area contributed by atoms with Crippen LogP contribution in [0.4, 0.5) is 0 Å². The van der Waals surface area contributed by atoms with E-state index in [1.807, 2.05) is 0 Å². The lowest BCUT2D eigenvalue weighted by Crippen LogP contribution is -2.20. The van der Waals surface area contributed by atoms with E-state index in [4.69, 9.17) is 4.74 Å². The van der Waals surface area contributed by atoms with E-state index in [0.717, 1.165) is 26.1 Å². The Morgan fingerprint density at radius 3 is 2.13 bits per heavy atom. The number of nitrogens with zero attached hydrogens (tertiary/aromatic N) is 1. The molecule has 0 saturated heterocycles. The summed E-state index contributed by atoms with van der Waals surface area (Å²) >= 11 is 0. The quantitative estimate of drug-likeness (QED) is 0.670.